The standard InChI is InChI=1S/C13H18ClNO3/c1-16-12-5-11(14)4-10(6-15)13(12)18-8-9-2-3-17-7-9/h4-5,9H,2-3,6-8,15H2,1H3. The van der Waals surface area contributed by atoms with Crippen LogP contribution < -0.4 is 15.2 Å². The summed E-state index contributed by atoms with van der Waals surface area (Å²) in [5.41, 5.74) is 6.57. The van der Waals surface area contributed by atoms with Gasteiger partial charge >= 0.3 is 0 Å². The van der Waals surface area contributed by atoms with Gasteiger partial charge in [0.15, 0.2) is 11.5 Å². The highest BCUT2D eigenvalue weighted by molar-refractivity contribution is 6.30. The van der Waals surface area contributed by atoms with Crippen LogP contribution in [0, 0.1) is 5.92 Å². The maximum absolute atomic E-state index is 6.00. The van der Waals surface area contributed by atoms with E-state index in [0.717, 1.165) is 25.2 Å². The average Bonchev–Trinajstić information content (AvgIpc) is 2.89. The molecule has 18 heavy (non-hydrogen) atoms. The third kappa shape index (κ3) is 3.07. The van der Waals surface area contributed by atoms with Crippen molar-refractivity contribution in [2.24, 2.45) is 11.7 Å². The molecule has 100 valence electrons. The lowest BCUT2D eigenvalue weighted by molar-refractivity contribution is 0.165. The van der Waals surface area contributed by atoms with E-state index in [9.17, 15) is 0 Å². The van der Waals surface area contributed by atoms with Gasteiger partial charge in [-0.25, -0.2) is 0 Å². The summed E-state index contributed by atoms with van der Waals surface area (Å²) in [4.78, 5) is 0. The van der Waals surface area contributed by atoms with Gasteiger partial charge in [0.25, 0.3) is 0 Å². The quantitative estimate of drug-likeness (QED) is 0.892. The van der Waals surface area contributed by atoms with Crippen molar-refractivity contribution in [1.29, 1.82) is 0 Å². The molecule has 0 spiro atoms. The molecule has 0 bridgehead atoms. The molecule has 0 aromatic heterocycles. The van der Waals surface area contributed by atoms with Gasteiger partial charge < -0.3 is 19.9 Å². The first-order valence-corrected chi connectivity index (χ1v) is 6.39. The van der Waals surface area contributed by atoms with Crippen molar-refractivity contribution in [3.63, 3.8) is 0 Å². The van der Waals surface area contributed by atoms with Crippen molar-refractivity contribution >= 4 is 11.6 Å². The van der Waals surface area contributed by atoms with Crippen LogP contribution in [0.15, 0.2) is 12.1 Å². The summed E-state index contributed by atoms with van der Waals surface area (Å²) in [5, 5.41) is 0.601. The van der Waals surface area contributed by atoms with Crippen molar-refractivity contribution in [2.45, 2.75) is 13.0 Å². The monoisotopic (exact) mass is 271 g/mol. The molecule has 0 aliphatic carbocycles. The highest BCUT2D eigenvalue weighted by Gasteiger charge is 2.18. The van der Waals surface area contributed by atoms with Crippen LogP contribution in [-0.4, -0.2) is 26.9 Å². The van der Waals surface area contributed by atoms with E-state index in [1.807, 2.05) is 6.07 Å². The molecule has 0 amide bonds. The Balaban J connectivity index is 2.13. The Bertz CT molecular complexity index is 380. The molecular weight excluding hydrogens is 254 g/mol. The molecule has 1 saturated heterocycles. The van der Waals surface area contributed by atoms with Crippen LogP contribution in [0.5, 0.6) is 11.5 Å². The van der Waals surface area contributed by atoms with Gasteiger partial charge in [-0.05, 0) is 12.5 Å². The van der Waals surface area contributed by atoms with Crippen LogP contribution in [-0.2, 0) is 11.3 Å². The molecule has 4 nitrogen and oxygen atoms in total. The van der Waals surface area contributed by atoms with Crippen LogP contribution in [0.1, 0.15) is 12.0 Å². The number of rotatable bonds is 5. The zero-order valence-electron chi connectivity index (χ0n) is 10.4. The summed E-state index contributed by atoms with van der Waals surface area (Å²) in [6, 6.07) is 3.55. The Hall–Kier alpha value is -0.970. The zero-order valence-corrected chi connectivity index (χ0v) is 11.2. The van der Waals surface area contributed by atoms with Crippen molar-refractivity contribution in [2.75, 3.05) is 26.9 Å². The van der Waals surface area contributed by atoms with E-state index in [4.69, 9.17) is 31.5 Å². The number of hydrogen-bond acceptors (Lipinski definition) is 4. The minimum absolute atomic E-state index is 0.368. The van der Waals surface area contributed by atoms with E-state index < -0.39 is 0 Å². The summed E-state index contributed by atoms with van der Waals surface area (Å²) in [6.07, 6.45) is 1.04. The Morgan fingerprint density at radius 2 is 2.33 bits per heavy atom. The lowest BCUT2D eigenvalue weighted by Gasteiger charge is -2.16. The van der Waals surface area contributed by atoms with Crippen molar-refractivity contribution < 1.29 is 14.2 Å². The van der Waals surface area contributed by atoms with E-state index in [1.165, 1.54) is 0 Å². The number of methoxy groups -OCH3 is 1. The molecule has 1 aliphatic rings. The fourth-order valence-corrected chi connectivity index (χ4v) is 2.24. The second kappa shape index (κ2) is 6.27. The number of ether oxygens (including phenoxy) is 3. The SMILES string of the molecule is COc1cc(Cl)cc(CN)c1OCC1CCOC1. The normalized spacial score (nSPS) is 18.9. The molecule has 1 heterocycles. The van der Waals surface area contributed by atoms with Gasteiger partial charge in [-0.2, -0.15) is 0 Å². The molecule has 1 aromatic carbocycles. The lowest BCUT2D eigenvalue weighted by Crippen LogP contribution is -2.13. The van der Waals surface area contributed by atoms with Gasteiger partial charge in [0, 0.05) is 35.7 Å². The lowest BCUT2D eigenvalue weighted by atomic mass is 10.1. The highest BCUT2D eigenvalue weighted by Crippen LogP contribution is 2.35. The minimum Gasteiger partial charge on any atom is -0.493 e. The van der Waals surface area contributed by atoms with Crippen LogP contribution in [0.3, 0.4) is 0 Å². The van der Waals surface area contributed by atoms with Gasteiger partial charge in [0.05, 0.1) is 20.3 Å². The predicted molar refractivity (Wildman–Crippen MR) is 70.3 cm³/mol. The molecule has 5 heteroatoms. The van der Waals surface area contributed by atoms with E-state index >= 15 is 0 Å². The first-order valence-electron chi connectivity index (χ1n) is 6.01. The molecule has 1 atom stereocenters. The van der Waals surface area contributed by atoms with Crippen LogP contribution in [0.4, 0.5) is 0 Å². The van der Waals surface area contributed by atoms with Crippen LogP contribution in [0.25, 0.3) is 0 Å². The number of halogens is 1. The Labute approximate surface area is 112 Å². The first kappa shape index (κ1) is 13.5. The third-order valence-electron chi connectivity index (χ3n) is 3.02. The molecule has 1 aromatic rings. The Kier molecular flexibility index (Phi) is 4.69. The number of nitrogens with two attached hydrogens (primary N) is 1. The second-order valence-electron chi connectivity index (χ2n) is 4.34. The molecule has 1 aliphatic heterocycles. The van der Waals surface area contributed by atoms with Gasteiger partial charge in [-0.3, -0.25) is 0 Å². The molecule has 2 rings (SSSR count). The fraction of sp³-hybridized carbons (Fsp3) is 0.538. The average molecular weight is 272 g/mol. The Morgan fingerprint density at radius 3 is 2.94 bits per heavy atom. The van der Waals surface area contributed by atoms with Crippen molar-refractivity contribution in [3.8, 4) is 11.5 Å². The smallest absolute Gasteiger partial charge is 0.165 e. The second-order valence-corrected chi connectivity index (χ2v) is 4.78. The topological polar surface area (TPSA) is 53.7 Å². The van der Waals surface area contributed by atoms with Gasteiger partial charge in [0.2, 0.25) is 0 Å². The molecule has 1 fully saturated rings. The van der Waals surface area contributed by atoms with E-state index in [-0.39, 0.29) is 0 Å². The van der Waals surface area contributed by atoms with E-state index in [0.29, 0.717) is 35.6 Å². The van der Waals surface area contributed by atoms with Gasteiger partial charge in [-0.15, -0.1) is 0 Å². The minimum atomic E-state index is 0.368. The van der Waals surface area contributed by atoms with Crippen molar-refractivity contribution in [1.82, 2.24) is 0 Å². The molecule has 0 radical (unpaired) electrons. The Morgan fingerprint density at radius 1 is 1.50 bits per heavy atom. The number of benzene rings is 1. The highest BCUT2D eigenvalue weighted by atomic mass is 35.5. The summed E-state index contributed by atoms with van der Waals surface area (Å²) in [7, 11) is 1.59. The first-order chi connectivity index (χ1) is 8.74. The van der Waals surface area contributed by atoms with E-state index in [1.54, 1.807) is 13.2 Å². The van der Waals surface area contributed by atoms with Gasteiger partial charge in [-0.1, -0.05) is 11.6 Å². The van der Waals surface area contributed by atoms with Crippen molar-refractivity contribution in [3.05, 3.63) is 22.7 Å². The summed E-state index contributed by atoms with van der Waals surface area (Å²) in [6.45, 7) is 2.56. The zero-order chi connectivity index (χ0) is 13.0. The summed E-state index contributed by atoms with van der Waals surface area (Å²) in [5.74, 6) is 1.76. The maximum Gasteiger partial charge on any atom is 0.165 e. The number of hydrogen-bond donors (Lipinski definition) is 1. The molecule has 0 saturated carbocycles. The summed E-state index contributed by atoms with van der Waals surface area (Å²) < 4.78 is 16.5. The summed E-state index contributed by atoms with van der Waals surface area (Å²) >= 11 is 6.00. The van der Waals surface area contributed by atoms with Crippen LogP contribution in [0.2, 0.25) is 5.02 Å². The fourth-order valence-electron chi connectivity index (χ4n) is 2.01. The molecule has 1 unspecified atom stereocenters. The molecular formula is C13H18ClNO3. The predicted octanol–water partition coefficient (Wildman–Crippen LogP) is 2.22. The largest absolute Gasteiger partial charge is 0.493 e. The van der Waals surface area contributed by atoms with E-state index in [2.05, 4.69) is 0 Å². The third-order valence-corrected chi connectivity index (χ3v) is 3.24. The maximum atomic E-state index is 6.00. The molecule has 2 N–H and O–H groups in total. The van der Waals surface area contributed by atoms with Gasteiger partial charge in [0.1, 0.15) is 0 Å². The van der Waals surface area contributed by atoms with Crippen LogP contribution >= 0.6 is 11.6 Å².